The summed E-state index contributed by atoms with van der Waals surface area (Å²) in [5.41, 5.74) is 0. The summed E-state index contributed by atoms with van der Waals surface area (Å²) < 4.78 is 9.93. The summed E-state index contributed by atoms with van der Waals surface area (Å²) >= 11 is 0. The zero-order valence-electron chi connectivity index (χ0n) is 10.5. The van der Waals surface area contributed by atoms with E-state index in [4.69, 9.17) is 21.0 Å². The van der Waals surface area contributed by atoms with Gasteiger partial charge in [0.1, 0.15) is 6.54 Å². The van der Waals surface area contributed by atoms with Crippen LogP contribution in [0.15, 0.2) is 0 Å². The highest BCUT2D eigenvalue weighted by Gasteiger charge is 2.17. The van der Waals surface area contributed by atoms with Crippen LogP contribution in [0, 0.1) is 12.3 Å². The number of rotatable bonds is 8. The molecule has 0 rings (SSSR count). The number of nitrogens with zero attached hydrogens (tertiary/aromatic N) is 1. The Hall–Kier alpha value is -1.78. The number of carbonyl (C=O) groups is 2. The molecule has 7 heteroatoms. The van der Waals surface area contributed by atoms with Crippen LogP contribution >= 0.6 is 0 Å². The Bertz CT molecular complexity index is 313. The molecule has 0 bridgehead atoms. The van der Waals surface area contributed by atoms with Crippen LogP contribution in [0.1, 0.15) is 0 Å². The minimum atomic E-state index is -1.12. The largest absolute Gasteiger partial charge is 0.480 e. The standard InChI is InChI=1S/C11H18N2O5/c1-4-5-13(7-10(14)15)11(16)12-6-9(18-3)8-17-2/h1,9H,5-8H2,2-3H3,(H,12,16)(H,14,15). The highest BCUT2D eigenvalue weighted by Crippen LogP contribution is 1.92. The average Bonchev–Trinajstić information content (AvgIpc) is 2.33. The van der Waals surface area contributed by atoms with Gasteiger partial charge in [-0.1, -0.05) is 5.92 Å². The van der Waals surface area contributed by atoms with Crippen LogP contribution < -0.4 is 5.32 Å². The van der Waals surface area contributed by atoms with Crippen molar-refractivity contribution in [3.8, 4) is 12.3 Å². The zero-order valence-corrected chi connectivity index (χ0v) is 10.5. The van der Waals surface area contributed by atoms with Gasteiger partial charge < -0.3 is 24.8 Å². The van der Waals surface area contributed by atoms with Gasteiger partial charge in [-0.15, -0.1) is 6.42 Å². The number of hydrogen-bond acceptors (Lipinski definition) is 4. The van der Waals surface area contributed by atoms with Gasteiger partial charge in [0.25, 0.3) is 0 Å². The summed E-state index contributed by atoms with van der Waals surface area (Å²) in [6, 6.07) is -0.548. The summed E-state index contributed by atoms with van der Waals surface area (Å²) in [6.07, 6.45) is 4.77. The van der Waals surface area contributed by atoms with Gasteiger partial charge in [0.05, 0.1) is 19.3 Å². The molecular weight excluding hydrogens is 240 g/mol. The maximum atomic E-state index is 11.7. The van der Waals surface area contributed by atoms with Crippen LogP contribution in [-0.4, -0.2) is 68.6 Å². The molecular formula is C11H18N2O5. The van der Waals surface area contributed by atoms with Crippen LogP contribution in [0.3, 0.4) is 0 Å². The van der Waals surface area contributed by atoms with E-state index in [1.54, 1.807) is 0 Å². The number of nitrogens with one attached hydrogen (secondary N) is 1. The van der Waals surface area contributed by atoms with E-state index >= 15 is 0 Å². The molecule has 2 amide bonds. The van der Waals surface area contributed by atoms with Crippen LogP contribution in [0.5, 0.6) is 0 Å². The molecule has 1 atom stereocenters. The highest BCUT2D eigenvalue weighted by molar-refractivity contribution is 5.80. The van der Waals surface area contributed by atoms with E-state index < -0.39 is 18.5 Å². The fraction of sp³-hybridized carbons (Fsp3) is 0.636. The number of hydrogen-bond donors (Lipinski definition) is 2. The van der Waals surface area contributed by atoms with E-state index in [0.717, 1.165) is 4.90 Å². The zero-order chi connectivity index (χ0) is 14.0. The number of carbonyl (C=O) groups excluding carboxylic acids is 1. The maximum Gasteiger partial charge on any atom is 0.323 e. The van der Waals surface area contributed by atoms with E-state index in [2.05, 4.69) is 11.2 Å². The fourth-order valence-electron chi connectivity index (χ4n) is 1.18. The molecule has 0 fully saturated rings. The molecule has 0 saturated carbocycles. The van der Waals surface area contributed by atoms with E-state index in [1.807, 2.05) is 0 Å². The first-order valence-electron chi connectivity index (χ1n) is 5.24. The Labute approximate surface area is 106 Å². The molecule has 0 heterocycles. The van der Waals surface area contributed by atoms with Gasteiger partial charge in [-0.2, -0.15) is 0 Å². The van der Waals surface area contributed by atoms with E-state index in [0.29, 0.717) is 6.61 Å². The molecule has 0 radical (unpaired) electrons. The predicted molar refractivity (Wildman–Crippen MR) is 64.1 cm³/mol. The van der Waals surface area contributed by atoms with Crippen molar-refractivity contribution in [1.82, 2.24) is 10.2 Å². The van der Waals surface area contributed by atoms with Gasteiger partial charge in [0.2, 0.25) is 0 Å². The molecule has 0 spiro atoms. The van der Waals surface area contributed by atoms with Gasteiger partial charge in [-0.25, -0.2) is 4.79 Å². The predicted octanol–water partition coefficient (Wildman–Crippen LogP) is -0.623. The normalized spacial score (nSPS) is 11.4. The summed E-state index contributed by atoms with van der Waals surface area (Å²) in [4.78, 5) is 23.2. The first-order valence-corrected chi connectivity index (χ1v) is 5.24. The Morgan fingerprint density at radius 1 is 1.50 bits per heavy atom. The molecule has 7 nitrogen and oxygen atoms in total. The van der Waals surface area contributed by atoms with Crippen molar-refractivity contribution in [2.24, 2.45) is 0 Å². The van der Waals surface area contributed by atoms with Crippen LogP contribution in [0.2, 0.25) is 0 Å². The number of carboxylic acids is 1. The number of amides is 2. The number of ether oxygens (including phenoxy) is 2. The Balaban J connectivity index is 4.24. The van der Waals surface area contributed by atoms with Crippen molar-refractivity contribution >= 4 is 12.0 Å². The second kappa shape index (κ2) is 9.27. The third kappa shape index (κ3) is 6.73. The first kappa shape index (κ1) is 16.2. The van der Waals surface area contributed by atoms with E-state index in [1.165, 1.54) is 14.2 Å². The molecule has 1 unspecified atom stereocenters. The lowest BCUT2D eigenvalue weighted by Crippen LogP contribution is -2.46. The van der Waals surface area contributed by atoms with Crippen LogP contribution in [-0.2, 0) is 14.3 Å². The number of aliphatic carboxylic acids is 1. The summed E-state index contributed by atoms with van der Waals surface area (Å²) in [6.45, 7) is 0.0206. The van der Waals surface area contributed by atoms with Crippen molar-refractivity contribution in [2.75, 3.05) is 40.5 Å². The number of carboxylic acid groups (broad SMARTS) is 1. The second-order valence-electron chi connectivity index (χ2n) is 3.45. The molecule has 0 aliphatic carbocycles. The molecule has 18 heavy (non-hydrogen) atoms. The minimum Gasteiger partial charge on any atom is -0.480 e. The molecule has 0 saturated heterocycles. The summed E-state index contributed by atoms with van der Waals surface area (Å²) in [7, 11) is 3.01. The lowest BCUT2D eigenvalue weighted by Gasteiger charge is -2.21. The minimum absolute atomic E-state index is 0.0694. The number of urea groups is 1. The number of methoxy groups -OCH3 is 2. The van der Waals surface area contributed by atoms with Crippen molar-refractivity contribution in [1.29, 1.82) is 0 Å². The Kier molecular flexibility index (Phi) is 8.35. The topological polar surface area (TPSA) is 88.1 Å². The van der Waals surface area contributed by atoms with Crippen LogP contribution in [0.25, 0.3) is 0 Å². The molecule has 0 aromatic rings. The summed E-state index contributed by atoms with van der Waals surface area (Å²) in [5.74, 6) is 1.10. The molecule has 0 aliphatic heterocycles. The highest BCUT2D eigenvalue weighted by atomic mass is 16.5. The Morgan fingerprint density at radius 2 is 2.17 bits per heavy atom. The lowest BCUT2D eigenvalue weighted by atomic mass is 10.3. The SMILES string of the molecule is C#CCN(CC(=O)O)C(=O)NCC(COC)OC. The third-order valence-corrected chi connectivity index (χ3v) is 2.06. The molecule has 0 aromatic carbocycles. The summed E-state index contributed by atoms with van der Waals surface area (Å²) in [5, 5.41) is 11.2. The first-order chi connectivity index (χ1) is 8.54. The molecule has 0 aliphatic rings. The van der Waals surface area contributed by atoms with Crippen LogP contribution in [0.4, 0.5) is 4.79 Å². The van der Waals surface area contributed by atoms with E-state index in [-0.39, 0.29) is 19.2 Å². The van der Waals surface area contributed by atoms with Crippen molar-refractivity contribution in [3.63, 3.8) is 0 Å². The van der Waals surface area contributed by atoms with Gasteiger partial charge in [0.15, 0.2) is 0 Å². The van der Waals surface area contributed by atoms with Gasteiger partial charge in [-0.05, 0) is 0 Å². The second-order valence-corrected chi connectivity index (χ2v) is 3.45. The van der Waals surface area contributed by atoms with Gasteiger partial charge in [-0.3, -0.25) is 4.79 Å². The van der Waals surface area contributed by atoms with Gasteiger partial charge >= 0.3 is 12.0 Å². The quantitative estimate of drug-likeness (QED) is 0.566. The van der Waals surface area contributed by atoms with Crippen molar-refractivity contribution in [3.05, 3.63) is 0 Å². The maximum absolute atomic E-state index is 11.7. The smallest absolute Gasteiger partial charge is 0.323 e. The lowest BCUT2D eigenvalue weighted by molar-refractivity contribution is -0.137. The fourth-order valence-corrected chi connectivity index (χ4v) is 1.18. The third-order valence-electron chi connectivity index (χ3n) is 2.06. The molecule has 102 valence electrons. The van der Waals surface area contributed by atoms with E-state index in [9.17, 15) is 9.59 Å². The van der Waals surface area contributed by atoms with Crippen molar-refractivity contribution in [2.45, 2.75) is 6.10 Å². The van der Waals surface area contributed by atoms with Gasteiger partial charge in [0, 0.05) is 20.8 Å². The molecule has 0 aromatic heterocycles. The van der Waals surface area contributed by atoms with Crippen molar-refractivity contribution < 1.29 is 24.2 Å². The Morgan fingerprint density at radius 3 is 2.61 bits per heavy atom. The number of terminal acetylenes is 1. The monoisotopic (exact) mass is 258 g/mol. The average molecular weight is 258 g/mol. The molecule has 2 N–H and O–H groups in total.